The van der Waals surface area contributed by atoms with Gasteiger partial charge in [0.15, 0.2) is 0 Å². The first-order chi connectivity index (χ1) is 8.81. The highest BCUT2D eigenvalue weighted by atomic mass is 16.6. The Balaban J connectivity index is 1.97. The van der Waals surface area contributed by atoms with Crippen molar-refractivity contribution in [2.24, 2.45) is 0 Å². The van der Waals surface area contributed by atoms with E-state index in [4.69, 9.17) is 19.5 Å². The van der Waals surface area contributed by atoms with Gasteiger partial charge in [-0.2, -0.15) is 5.26 Å². The lowest BCUT2D eigenvalue weighted by Gasteiger charge is -2.14. The molecule has 92 valence electrons. The number of nitrogens with zero attached hydrogens (tertiary/aromatic N) is 1. The van der Waals surface area contributed by atoms with Gasteiger partial charge in [0.1, 0.15) is 26.1 Å². The summed E-state index contributed by atoms with van der Waals surface area (Å²) in [6.07, 6.45) is 1.24. The number of carbonyl (C=O) groups excluding carboxylic acids is 1. The number of esters is 1. The molecular weight excluding hydrogens is 234 g/mol. The highest BCUT2D eigenvalue weighted by molar-refractivity contribution is 5.86. The van der Waals surface area contributed by atoms with Crippen LogP contribution in [0.3, 0.4) is 0 Å². The molecule has 0 atom stereocenters. The fourth-order valence-electron chi connectivity index (χ4n) is 1.45. The predicted octanol–water partition coefficient (Wildman–Crippen LogP) is 1.49. The van der Waals surface area contributed by atoms with Crippen LogP contribution in [0.25, 0.3) is 0 Å². The van der Waals surface area contributed by atoms with Crippen molar-refractivity contribution < 1.29 is 19.0 Å². The van der Waals surface area contributed by atoms with Crippen LogP contribution in [-0.2, 0) is 25.6 Å². The van der Waals surface area contributed by atoms with E-state index in [1.165, 1.54) is 6.26 Å². The van der Waals surface area contributed by atoms with Crippen LogP contribution in [0.15, 0.2) is 36.3 Å². The number of carbonyl (C=O) groups is 1. The molecule has 1 aromatic carbocycles. The molecule has 1 aliphatic rings. The Hall–Kier alpha value is -2.48. The standard InChI is InChI=1S/C13H11NO4/c14-7-10-3-1-2-4-11(10)8-18-13(15)12-9-16-5-6-17-12/h1-4,9H,5-6,8H2. The van der Waals surface area contributed by atoms with Crippen LogP contribution in [0.5, 0.6) is 0 Å². The Kier molecular flexibility index (Phi) is 3.82. The van der Waals surface area contributed by atoms with Crippen molar-refractivity contribution >= 4 is 5.97 Å². The summed E-state index contributed by atoms with van der Waals surface area (Å²) in [6.45, 7) is 0.785. The molecule has 0 amide bonds. The predicted molar refractivity (Wildman–Crippen MR) is 60.9 cm³/mol. The van der Waals surface area contributed by atoms with E-state index in [1.807, 2.05) is 6.07 Å². The zero-order chi connectivity index (χ0) is 12.8. The molecule has 0 bridgehead atoms. The first-order valence-corrected chi connectivity index (χ1v) is 5.41. The van der Waals surface area contributed by atoms with Gasteiger partial charge in [0, 0.05) is 5.56 Å². The molecular formula is C13H11NO4. The van der Waals surface area contributed by atoms with E-state index in [0.29, 0.717) is 24.3 Å². The third kappa shape index (κ3) is 2.80. The molecule has 1 aliphatic heterocycles. The van der Waals surface area contributed by atoms with E-state index in [1.54, 1.807) is 24.3 Å². The van der Waals surface area contributed by atoms with Gasteiger partial charge in [0.05, 0.1) is 11.6 Å². The van der Waals surface area contributed by atoms with E-state index in [9.17, 15) is 4.79 Å². The molecule has 0 saturated heterocycles. The maximum atomic E-state index is 11.6. The van der Waals surface area contributed by atoms with Crippen LogP contribution in [0.1, 0.15) is 11.1 Å². The molecule has 0 radical (unpaired) electrons. The largest absolute Gasteiger partial charge is 0.493 e. The highest BCUT2D eigenvalue weighted by Gasteiger charge is 2.17. The summed E-state index contributed by atoms with van der Waals surface area (Å²) in [4.78, 5) is 11.6. The van der Waals surface area contributed by atoms with Crippen LogP contribution in [-0.4, -0.2) is 19.2 Å². The monoisotopic (exact) mass is 245 g/mol. The van der Waals surface area contributed by atoms with Crippen molar-refractivity contribution in [1.82, 2.24) is 0 Å². The van der Waals surface area contributed by atoms with Crippen LogP contribution in [0.2, 0.25) is 0 Å². The van der Waals surface area contributed by atoms with E-state index < -0.39 is 5.97 Å². The first-order valence-electron chi connectivity index (χ1n) is 5.41. The van der Waals surface area contributed by atoms with Gasteiger partial charge in [0.25, 0.3) is 0 Å². The van der Waals surface area contributed by atoms with Crippen LogP contribution in [0, 0.1) is 11.3 Å². The number of hydrogen-bond acceptors (Lipinski definition) is 5. The van der Waals surface area contributed by atoms with Crippen molar-refractivity contribution in [2.45, 2.75) is 6.61 Å². The first kappa shape index (κ1) is 12.0. The van der Waals surface area contributed by atoms with Gasteiger partial charge in [-0.15, -0.1) is 0 Å². The lowest BCUT2D eigenvalue weighted by molar-refractivity contribution is -0.145. The molecule has 0 saturated carbocycles. The second-order valence-electron chi connectivity index (χ2n) is 3.55. The minimum atomic E-state index is -0.595. The third-order valence-corrected chi connectivity index (χ3v) is 2.35. The van der Waals surface area contributed by atoms with Gasteiger partial charge in [-0.25, -0.2) is 4.79 Å². The quantitative estimate of drug-likeness (QED) is 0.754. The van der Waals surface area contributed by atoms with Crippen molar-refractivity contribution in [3.8, 4) is 6.07 Å². The average Bonchev–Trinajstić information content (AvgIpc) is 2.46. The topological polar surface area (TPSA) is 68.5 Å². The molecule has 18 heavy (non-hydrogen) atoms. The van der Waals surface area contributed by atoms with E-state index in [-0.39, 0.29) is 12.4 Å². The zero-order valence-electron chi connectivity index (χ0n) is 9.59. The summed E-state index contributed by atoms with van der Waals surface area (Å²) in [5.74, 6) is -0.543. The van der Waals surface area contributed by atoms with Gasteiger partial charge in [-0.05, 0) is 6.07 Å². The summed E-state index contributed by atoms with van der Waals surface area (Å²) in [5.41, 5.74) is 1.14. The normalized spacial score (nSPS) is 13.6. The van der Waals surface area contributed by atoms with Crippen molar-refractivity contribution in [1.29, 1.82) is 5.26 Å². The molecule has 0 fully saturated rings. The fourth-order valence-corrected chi connectivity index (χ4v) is 1.45. The van der Waals surface area contributed by atoms with Crippen molar-refractivity contribution in [2.75, 3.05) is 13.2 Å². The molecule has 1 heterocycles. The third-order valence-electron chi connectivity index (χ3n) is 2.35. The number of benzene rings is 1. The zero-order valence-corrected chi connectivity index (χ0v) is 9.59. The maximum absolute atomic E-state index is 11.6. The number of hydrogen-bond donors (Lipinski definition) is 0. The van der Waals surface area contributed by atoms with Crippen LogP contribution >= 0.6 is 0 Å². The Morgan fingerprint density at radius 2 is 2.22 bits per heavy atom. The summed E-state index contributed by atoms with van der Waals surface area (Å²) in [7, 11) is 0. The smallest absolute Gasteiger partial charge is 0.377 e. The minimum Gasteiger partial charge on any atom is -0.493 e. The van der Waals surface area contributed by atoms with Gasteiger partial charge >= 0.3 is 5.97 Å². The maximum Gasteiger partial charge on any atom is 0.377 e. The van der Waals surface area contributed by atoms with Gasteiger partial charge in [-0.1, -0.05) is 18.2 Å². The van der Waals surface area contributed by atoms with Crippen molar-refractivity contribution in [3.05, 3.63) is 47.4 Å². The fraction of sp³-hybridized carbons (Fsp3) is 0.231. The molecule has 0 spiro atoms. The van der Waals surface area contributed by atoms with E-state index >= 15 is 0 Å². The van der Waals surface area contributed by atoms with Gasteiger partial charge < -0.3 is 14.2 Å². The summed E-state index contributed by atoms with van der Waals surface area (Å²) in [6, 6.07) is 8.98. The minimum absolute atomic E-state index is 0.0310. The number of nitriles is 1. The lowest BCUT2D eigenvalue weighted by atomic mass is 10.1. The summed E-state index contributed by atoms with van der Waals surface area (Å²) >= 11 is 0. The Morgan fingerprint density at radius 1 is 1.39 bits per heavy atom. The van der Waals surface area contributed by atoms with Crippen LogP contribution in [0.4, 0.5) is 0 Å². The molecule has 0 unspecified atom stereocenters. The molecule has 0 N–H and O–H groups in total. The lowest BCUT2D eigenvalue weighted by Crippen LogP contribution is -2.17. The number of rotatable bonds is 3. The second-order valence-corrected chi connectivity index (χ2v) is 3.55. The van der Waals surface area contributed by atoms with Gasteiger partial charge in [0.2, 0.25) is 5.76 Å². The molecule has 0 aliphatic carbocycles. The van der Waals surface area contributed by atoms with E-state index in [0.717, 1.165) is 0 Å². The molecule has 1 aromatic rings. The summed E-state index contributed by atoms with van der Waals surface area (Å²) in [5, 5.41) is 8.89. The average molecular weight is 245 g/mol. The Bertz CT molecular complexity index is 516. The van der Waals surface area contributed by atoms with Gasteiger partial charge in [-0.3, -0.25) is 0 Å². The Labute approximate surface area is 104 Å². The van der Waals surface area contributed by atoms with E-state index in [2.05, 4.69) is 0 Å². The second kappa shape index (κ2) is 5.73. The van der Waals surface area contributed by atoms with Crippen molar-refractivity contribution in [3.63, 3.8) is 0 Å². The molecule has 5 nitrogen and oxygen atoms in total. The SMILES string of the molecule is N#Cc1ccccc1COC(=O)C1=COCCO1. The van der Waals surface area contributed by atoms with Crippen LogP contribution < -0.4 is 0 Å². The number of ether oxygens (including phenoxy) is 3. The highest BCUT2D eigenvalue weighted by Crippen LogP contribution is 2.11. The molecule has 0 aromatic heterocycles. The molecule has 2 rings (SSSR count). The summed E-state index contributed by atoms with van der Waals surface area (Å²) < 4.78 is 15.1. The Morgan fingerprint density at radius 3 is 2.94 bits per heavy atom. The molecule has 5 heteroatoms.